The highest BCUT2D eigenvalue weighted by Gasteiger charge is 2.28. The topological polar surface area (TPSA) is 105 Å². The second-order valence-corrected chi connectivity index (χ2v) is 5.65. The number of aryl methyl sites for hydroxylation is 1. The quantitative estimate of drug-likeness (QED) is 0.638. The number of anilines is 1. The molecule has 1 aliphatic rings. The van der Waals surface area contributed by atoms with Crippen LogP contribution in [0, 0.1) is 6.92 Å². The van der Waals surface area contributed by atoms with E-state index < -0.39 is 12.0 Å². The average molecular weight is 273 g/mol. The predicted octanol–water partition coefficient (Wildman–Crippen LogP) is 1.89. The molecule has 1 atom stereocenters. The minimum Gasteiger partial charge on any atom is -0.480 e. The Hall–Kier alpha value is -2.01. The van der Waals surface area contributed by atoms with E-state index in [2.05, 4.69) is 11.1 Å². The maximum absolute atomic E-state index is 11.0. The van der Waals surface area contributed by atoms with Crippen LogP contribution in [0.5, 0.6) is 0 Å². The summed E-state index contributed by atoms with van der Waals surface area (Å²) in [5.74, 6) is -0.399. The molecule has 0 amide bonds. The summed E-state index contributed by atoms with van der Waals surface area (Å²) >= 11 is 0. The molecule has 0 saturated heterocycles. The Labute approximate surface area is 117 Å². The van der Waals surface area contributed by atoms with Crippen molar-refractivity contribution in [1.29, 1.82) is 0 Å². The Kier molecular flexibility index (Phi) is 2.94. The van der Waals surface area contributed by atoms with Crippen molar-refractivity contribution in [3.63, 3.8) is 0 Å². The number of nitrogens with two attached hydrogens (primary N) is 2. The molecule has 1 aromatic heterocycles. The van der Waals surface area contributed by atoms with E-state index in [-0.39, 0.29) is 0 Å². The van der Waals surface area contributed by atoms with Crippen LogP contribution in [0.1, 0.15) is 35.6 Å². The van der Waals surface area contributed by atoms with Gasteiger partial charge >= 0.3 is 5.97 Å². The standard InChI is InChI=1S/C15H19N3O2/c1-7-10(6-12(17)15(19)20)13-9(8-2-3-8)4-5-11(16)14(13)18-7/h4-5,8,12,18H,2-3,6,16-17H2,1H3,(H,19,20). The molecule has 6 N–H and O–H groups in total. The van der Waals surface area contributed by atoms with Crippen molar-refractivity contribution in [2.45, 2.75) is 38.1 Å². The first-order valence-electron chi connectivity index (χ1n) is 6.87. The molecule has 1 aliphatic carbocycles. The lowest BCUT2D eigenvalue weighted by Crippen LogP contribution is -2.32. The molecule has 0 spiro atoms. The molecule has 0 radical (unpaired) electrons. The lowest BCUT2D eigenvalue weighted by atomic mass is 9.96. The number of aromatic amines is 1. The first-order valence-corrected chi connectivity index (χ1v) is 6.87. The molecule has 5 heteroatoms. The van der Waals surface area contributed by atoms with Gasteiger partial charge in [0.15, 0.2) is 0 Å². The summed E-state index contributed by atoms with van der Waals surface area (Å²) in [5, 5.41) is 10.1. The average Bonchev–Trinajstić information content (AvgIpc) is 3.17. The number of hydrogen-bond donors (Lipinski definition) is 4. The zero-order chi connectivity index (χ0) is 14.4. The second kappa shape index (κ2) is 4.52. The highest BCUT2D eigenvalue weighted by Crippen LogP contribution is 2.45. The van der Waals surface area contributed by atoms with Crippen LogP contribution in [-0.4, -0.2) is 22.1 Å². The fraction of sp³-hybridized carbons (Fsp3) is 0.400. The number of nitrogens with one attached hydrogen (secondary N) is 1. The first-order chi connectivity index (χ1) is 9.49. The molecular weight excluding hydrogens is 254 g/mol. The smallest absolute Gasteiger partial charge is 0.320 e. The molecule has 1 aromatic carbocycles. The van der Waals surface area contributed by atoms with Gasteiger partial charge in [-0.25, -0.2) is 0 Å². The van der Waals surface area contributed by atoms with E-state index in [0.717, 1.165) is 22.2 Å². The molecule has 0 aliphatic heterocycles. The highest BCUT2D eigenvalue weighted by molar-refractivity contribution is 5.97. The van der Waals surface area contributed by atoms with Crippen molar-refractivity contribution >= 4 is 22.6 Å². The molecule has 1 heterocycles. The SMILES string of the molecule is Cc1[nH]c2c(N)ccc(C3CC3)c2c1CC(N)C(=O)O. The number of aliphatic carboxylic acids is 1. The number of benzene rings is 1. The van der Waals surface area contributed by atoms with E-state index in [4.69, 9.17) is 16.6 Å². The van der Waals surface area contributed by atoms with Crippen LogP contribution in [0.25, 0.3) is 10.9 Å². The van der Waals surface area contributed by atoms with Gasteiger partial charge in [0.1, 0.15) is 6.04 Å². The Morgan fingerprint density at radius 1 is 1.50 bits per heavy atom. The van der Waals surface area contributed by atoms with Gasteiger partial charge < -0.3 is 21.6 Å². The lowest BCUT2D eigenvalue weighted by Gasteiger charge is -2.10. The Morgan fingerprint density at radius 3 is 2.80 bits per heavy atom. The van der Waals surface area contributed by atoms with Crippen molar-refractivity contribution in [3.05, 3.63) is 29.0 Å². The van der Waals surface area contributed by atoms with Gasteiger partial charge in [-0.05, 0) is 42.9 Å². The van der Waals surface area contributed by atoms with Gasteiger partial charge in [-0.3, -0.25) is 4.79 Å². The lowest BCUT2D eigenvalue weighted by molar-refractivity contribution is -0.138. The first kappa shape index (κ1) is 13.0. The number of carboxylic acid groups (broad SMARTS) is 1. The van der Waals surface area contributed by atoms with Gasteiger partial charge in [0.05, 0.1) is 11.2 Å². The van der Waals surface area contributed by atoms with Crippen molar-refractivity contribution in [1.82, 2.24) is 4.98 Å². The van der Waals surface area contributed by atoms with Crippen LogP contribution in [0.2, 0.25) is 0 Å². The van der Waals surface area contributed by atoms with Gasteiger partial charge in [-0.15, -0.1) is 0 Å². The molecular formula is C15H19N3O2. The second-order valence-electron chi connectivity index (χ2n) is 5.65. The van der Waals surface area contributed by atoms with Crippen molar-refractivity contribution in [2.24, 2.45) is 5.73 Å². The Morgan fingerprint density at radius 2 is 2.20 bits per heavy atom. The fourth-order valence-electron chi connectivity index (χ4n) is 2.84. The fourth-order valence-corrected chi connectivity index (χ4v) is 2.84. The van der Waals surface area contributed by atoms with E-state index in [9.17, 15) is 4.79 Å². The van der Waals surface area contributed by atoms with Crippen molar-refractivity contribution in [3.8, 4) is 0 Å². The van der Waals surface area contributed by atoms with Crippen LogP contribution >= 0.6 is 0 Å². The van der Waals surface area contributed by atoms with Gasteiger partial charge in [0, 0.05) is 17.5 Å². The number of nitrogen functional groups attached to an aromatic ring is 1. The number of carbonyl (C=O) groups is 1. The largest absolute Gasteiger partial charge is 0.480 e. The Bertz CT molecular complexity index is 686. The molecule has 2 aromatic rings. The molecule has 3 rings (SSSR count). The summed E-state index contributed by atoms with van der Waals surface area (Å²) in [4.78, 5) is 14.3. The van der Waals surface area contributed by atoms with Crippen LogP contribution in [0.4, 0.5) is 5.69 Å². The van der Waals surface area contributed by atoms with E-state index in [1.165, 1.54) is 18.4 Å². The summed E-state index contributed by atoms with van der Waals surface area (Å²) in [5.41, 5.74) is 16.6. The minimum atomic E-state index is -0.976. The number of fused-ring (bicyclic) bond motifs is 1. The van der Waals surface area contributed by atoms with Crippen molar-refractivity contribution < 1.29 is 9.90 Å². The maximum atomic E-state index is 11.0. The normalized spacial score (nSPS) is 16.5. The summed E-state index contributed by atoms with van der Waals surface area (Å²) in [6, 6.07) is 3.10. The van der Waals surface area contributed by atoms with E-state index in [1.807, 2.05) is 13.0 Å². The van der Waals surface area contributed by atoms with Gasteiger partial charge in [-0.1, -0.05) is 6.07 Å². The third-order valence-electron chi connectivity index (χ3n) is 4.10. The van der Waals surface area contributed by atoms with Crippen molar-refractivity contribution in [2.75, 3.05) is 5.73 Å². The summed E-state index contributed by atoms with van der Waals surface area (Å²) in [6.07, 6.45) is 2.70. The number of carboxylic acids is 1. The van der Waals surface area contributed by atoms with Crippen LogP contribution in [-0.2, 0) is 11.2 Å². The number of rotatable bonds is 4. The van der Waals surface area contributed by atoms with Gasteiger partial charge in [-0.2, -0.15) is 0 Å². The zero-order valence-corrected chi connectivity index (χ0v) is 11.4. The third kappa shape index (κ3) is 2.04. The summed E-state index contributed by atoms with van der Waals surface area (Å²) in [7, 11) is 0. The summed E-state index contributed by atoms with van der Waals surface area (Å²) in [6.45, 7) is 1.94. The monoisotopic (exact) mass is 273 g/mol. The van der Waals surface area contributed by atoms with Gasteiger partial charge in [0.2, 0.25) is 0 Å². The van der Waals surface area contributed by atoms with E-state index in [0.29, 0.717) is 18.0 Å². The summed E-state index contributed by atoms with van der Waals surface area (Å²) < 4.78 is 0. The molecule has 1 unspecified atom stereocenters. The van der Waals surface area contributed by atoms with Gasteiger partial charge in [0.25, 0.3) is 0 Å². The molecule has 0 bridgehead atoms. The molecule has 20 heavy (non-hydrogen) atoms. The number of H-pyrrole nitrogens is 1. The third-order valence-corrected chi connectivity index (χ3v) is 4.10. The highest BCUT2D eigenvalue weighted by atomic mass is 16.4. The minimum absolute atomic E-state index is 0.324. The van der Waals surface area contributed by atoms with Crippen LogP contribution < -0.4 is 11.5 Å². The molecule has 1 saturated carbocycles. The Balaban J connectivity index is 2.17. The predicted molar refractivity (Wildman–Crippen MR) is 78.7 cm³/mol. The van der Waals surface area contributed by atoms with E-state index >= 15 is 0 Å². The van der Waals surface area contributed by atoms with Crippen LogP contribution in [0.15, 0.2) is 12.1 Å². The zero-order valence-electron chi connectivity index (χ0n) is 11.4. The van der Waals surface area contributed by atoms with Crippen LogP contribution in [0.3, 0.4) is 0 Å². The number of hydrogen-bond acceptors (Lipinski definition) is 3. The molecule has 106 valence electrons. The van der Waals surface area contributed by atoms with E-state index in [1.54, 1.807) is 0 Å². The number of aromatic nitrogens is 1. The molecule has 1 fully saturated rings. The molecule has 5 nitrogen and oxygen atoms in total. The maximum Gasteiger partial charge on any atom is 0.320 e.